The van der Waals surface area contributed by atoms with Crippen LogP contribution in [0, 0.1) is 11.6 Å². The zero-order chi connectivity index (χ0) is 15.0. The van der Waals surface area contributed by atoms with Crippen LogP contribution in [-0.4, -0.2) is 10.1 Å². The minimum atomic E-state index is -0.743. The molecule has 112 valence electrons. The van der Waals surface area contributed by atoms with Crippen LogP contribution in [0.25, 0.3) is 11.5 Å². The van der Waals surface area contributed by atoms with Crippen LogP contribution >= 0.6 is 11.6 Å². The molecule has 3 rings (SSSR count). The van der Waals surface area contributed by atoms with E-state index in [1.807, 2.05) is 0 Å². The SMILES string of the molecule is NC1(c2noc(-c3cc(F)c(Cl)cc3F)n2)CCCCC1. The molecule has 1 saturated carbocycles. The maximum Gasteiger partial charge on any atom is 0.261 e. The van der Waals surface area contributed by atoms with E-state index in [4.69, 9.17) is 21.9 Å². The number of nitrogens with two attached hydrogens (primary N) is 1. The Labute approximate surface area is 125 Å². The number of nitrogens with zero attached hydrogens (tertiary/aromatic N) is 2. The Morgan fingerprint density at radius 2 is 1.86 bits per heavy atom. The lowest BCUT2D eigenvalue weighted by molar-refractivity contribution is 0.275. The Hall–Kier alpha value is -1.53. The molecule has 2 aromatic rings. The van der Waals surface area contributed by atoms with Gasteiger partial charge in [-0.05, 0) is 25.0 Å². The highest BCUT2D eigenvalue weighted by molar-refractivity contribution is 6.30. The Morgan fingerprint density at radius 1 is 1.14 bits per heavy atom. The average molecular weight is 314 g/mol. The van der Waals surface area contributed by atoms with Crippen LogP contribution in [0.15, 0.2) is 16.7 Å². The van der Waals surface area contributed by atoms with Crippen LogP contribution in [-0.2, 0) is 5.54 Å². The third-order valence-electron chi connectivity index (χ3n) is 3.86. The Morgan fingerprint density at radius 3 is 2.57 bits per heavy atom. The number of hydrogen-bond donors (Lipinski definition) is 1. The Balaban J connectivity index is 1.97. The molecule has 0 spiro atoms. The van der Waals surface area contributed by atoms with E-state index in [1.165, 1.54) is 0 Å². The minimum absolute atomic E-state index is 0.0894. The molecule has 0 atom stereocenters. The quantitative estimate of drug-likeness (QED) is 0.857. The van der Waals surface area contributed by atoms with E-state index < -0.39 is 17.2 Å². The first-order valence-corrected chi connectivity index (χ1v) is 7.15. The summed E-state index contributed by atoms with van der Waals surface area (Å²) in [6, 6.07) is 1.83. The second-order valence-corrected chi connectivity index (χ2v) is 5.79. The zero-order valence-electron chi connectivity index (χ0n) is 11.2. The van der Waals surface area contributed by atoms with Crippen LogP contribution in [0.4, 0.5) is 8.78 Å². The van der Waals surface area contributed by atoms with Gasteiger partial charge in [-0.3, -0.25) is 0 Å². The summed E-state index contributed by atoms with van der Waals surface area (Å²) in [4.78, 5) is 4.16. The molecule has 1 aliphatic rings. The summed E-state index contributed by atoms with van der Waals surface area (Å²) in [7, 11) is 0. The van der Waals surface area contributed by atoms with Crippen LogP contribution in [0.2, 0.25) is 5.02 Å². The van der Waals surface area contributed by atoms with Crippen molar-refractivity contribution in [2.24, 2.45) is 5.73 Å². The van der Waals surface area contributed by atoms with Crippen LogP contribution in [0.3, 0.4) is 0 Å². The molecule has 0 radical (unpaired) electrons. The van der Waals surface area contributed by atoms with Crippen molar-refractivity contribution >= 4 is 11.6 Å². The molecule has 1 aromatic carbocycles. The molecule has 1 aromatic heterocycles. The number of halogens is 3. The third kappa shape index (κ3) is 2.65. The van der Waals surface area contributed by atoms with Gasteiger partial charge in [0.2, 0.25) is 0 Å². The summed E-state index contributed by atoms with van der Waals surface area (Å²) >= 11 is 5.52. The fourth-order valence-corrected chi connectivity index (χ4v) is 2.78. The van der Waals surface area contributed by atoms with E-state index in [0.717, 1.165) is 44.2 Å². The van der Waals surface area contributed by atoms with E-state index >= 15 is 0 Å². The second-order valence-electron chi connectivity index (χ2n) is 5.39. The van der Waals surface area contributed by atoms with Crippen molar-refractivity contribution in [3.63, 3.8) is 0 Å². The number of rotatable bonds is 2. The molecular weight excluding hydrogens is 300 g/mol. The van der Waals surface area contributed by atoms with Gasteiger partial charge in [-0.1, -0.05) is 36.0 Å². The fraction of sp³-hybridized carbons (Fsp3) is 0.429. The highest BCUT2D eigenvalue weighted by atomic mass is 35.5. The van der Waals surface area contributed by atoms with Gasteiger partial charge in [-0.25, -0.2) is 8.78 Å². The molecule has 1 aliphatic carbocycles. The van der Waals surface area contributed by atoms with Gasteiger partial charge in [-0.2, -0.15) is 4.98 Å². The van der Waals surface area contributed by atoms with Gasteiger partial charge in [0.1, 0.15) is 11.6 Å². The van der Waals surface area contributed by atoms with Crippen molar-refractivity contribution in [1.29, 1.82) is 0 Å². The number of hydrogen-bond acceptors (Lipinski definition) is 4. The molecule has 1 heterocycles. The summed E-state index contributed by atoms with van der Waals surface area (Å²) in [5.41, 5.74) is 5.52. The number of aromatic nitrogens is 2. The predicted octanol–water partition coefficient (Wildman–Crippen LogP) is 3.79. The van der Waals surface area contributed by atoms with Gasteiger partial charge in [0.25, 0.3) is 5.89 Å². The van der Waals surface area contributed by atoms with Crippen molar-refractivity contribution in [2.75, 3.05) is 0 Å². The molecule has 7 heteroatoms. The second kappa shape index (κ2) is 5.35. The van der Waals surface area contributed by atoms with Crippen molar-refractivity contribution < 1.29 is 13.3 Å². The smallest absolute Gasteiger partial charge is 0.261 e. The topological polar surface area (TPSA) is 64.9 Å². The highest BCUT2D eigenvalue weighted by Gasteiger charge is 2.34. The Kier molecular flexibility index (Phi) is 3.67. The van der Waals surface area contributed by atoms with Crippen molar-refractivity contribution in [3.05, 3.63) is 34.6 Å². The van der Waals surface area contributed by atoms with E-state index in [2.05, 4.69) is 10.1 Å². The van der Waals surface area contributed by atoms with E-state index in [1.54, 1.807) is 0 Å². The van der Waals surface area contributed by atoms with Crippen LogP contribution in [0.5, 0.6) is 0 Å². The van der Waals surface area contributed by atoms with Gasteiger partial charge in [0, 0.05) is 0 Å². The standard InChI is InChI=1S/C14H14ClF2N3O/c15-9-7-10(16)8(6-11(9)17)12-19-13(20-21-12)14(18)4-2-1-3-5-14/h6-7H,1-5,18H2. The number of benzene rings is 1. The molecule has 1 fully saturated rings. The van der Waals surface area contributed by atoms with Gasteiger partial charge < -0.3 is 10.3 Å². The first kappa shape index (κ1) is 14.4. The maximum absolute atomic E-state index is 13.9. The summed E-state index contributed by atoms with van der Waals surface area (Å²) in [5.74, 6) is -1.21. The highest BCUT2D eigenvalue weighted by Crippen LogP contribution is 2.34. The van der Waals surface area contributed by atoms with Gasteiger partial charge >= 0.3 is 0 Å². The summed E-state index contributed by atoms with van der Waals surface area (Å²) in [6.07, 6.45) is 4.61. The van der Waals surface area contributed by atoms with Crippen molar-refractivity contribution in [2.45, 2.75) is 37.6 Å². The normalized spacial score (nSPS) is 17.9. The molecule has 0 bridgehead atoms. The molecule has 0 aliphatic heterocycles. The molecule has 0 unspecified atom stereocenters. The zero-order valence-corrected chi connectivity index (χ0v) is 12.0. The monoisotopic (exact) mass is 313 g/mol. The minimum Gasteiger partial charge on any atom is -0.334 e. The molecule has 4 nitrogen and oxygen atoms in total. The lowest BCUT2D eigenvalue weighted by Gasteiger charge is -2.29. The van der Waals surface area contributed by atoms with E-state index in [9.17, 15) is 8.78 Å². The Bertz CT molecular complexity index is 668. The third-order valence-corrected chi connectivity index (χ3v) is 4.15. The predicted molar refractivity (Wildman–Crippen MR) is 73.6 cm³/mol. The van der Waals surface area contributed by atoms with Gasteiger partial charge in [0.15, 0.2) is 5.82 Å². The maximum atomic E-state index is 13.9. The van der Waals surface area contributed by atoms with E-state index in [-0.39, 0.29) is 16.5 Å². The average Bonchev–Trinajstić information content (AvgIpc) is 2.94. The fourth-order valence-electron chi connectivity index (χ4n) is 2.63. The first-order valence-electron chi connectivity index (χ1n) is 6.77. The van der Waals surface area contributed by atoms with Crippen molar-refractivity contribution in [1.82, 2.24) is 10.1 Å². The van der Waals surface area contributed by atoms with E-state index in [0.29, 0.717) is 5.82 Å². The largest absolute Gasteiger partial charge is 0.334 e. The molecule has 2 N–H and O–H groups in total. The molecular formula is C14H14ClF2N3O. The molecule has 0 amide bonds. The van der Waals surface area contributed by atoms with Crippen molar-refractivity contribution in [3.8, 4) is 11.5 Å². The summed E-state index contributed by atoms with van der Waals surface area (Å²) < 4.78 is 32.4. The van der Waals surface area contributed by atoms with Gasteiger partial charge in [-0.15, -0.1) is 0 Å². The molecule has 0 saturated heterocycles. The summed E-state index contributed by atoms with van der Waals surface area (Å²) in [5, 5.41) is 3.55. The van der Waals surface area contributed by atoms with Crippen LogP contribution in [0.1, 0.15) is 37.9 Å². The summed E-state index contributed by atoms with van der Waals surface area (Å²) in [6.45, 7) is 0. The van der Waals surface area contributed by atoms with Crippen LogP contribution < -0.4 is 5.73 Å². The lowest BCUT2D eigenvalue weighted by atomic mass is 9.82. The first-order chi connectivity index (χ1) is 9.99. The lowest BCUT2D eigenvalue weighted by Crippen LogP contribution is -2.39. The van der Waals surface area contributed by atoms with Gasteiger partial charge in [0.05, 0.1) is 16.1 Å². The molecule has 21 heavy (non-hydrogen) atoms.